The van der Waals surface area contributed by atoms with E-state index < -0.39 is 12.6 Å². The zero-order chi connectivity index (χ0) is 24.0. The van der Waals surface area contributed by atoms with Crippen LogP contribution in [0.3, 0.4) is 0 Å². The minimum Gasteiger partial charge on any atom is -0.454 e. The van der Waals surface area contributed by atoms with E-state index in [-0.39, 0.29) is 29.2 Å². The Labute approximate surface area is 187 Å². The van der Waals surface area contributed by atoms with Crippen molar-refractivity contribution in [2.45, 2.75) is 40.7 Å². The first-order chi connectivity index (χ1) is 15.0. The molecule has 0 radical (unpaired) electrons. The average Bonchev–Trinajstić information content (AvgIpc) is 2.99. The fourth-order valence-corrected chi connectivity index (χ4v) is 3.64. The van der Waals surface area contributed by atoms with Crippen LogP contribution in [-0.2, 0) is 19.1 Å². The number of aryl methyl sites for hydroxylation is 1. The number of methoxy groups -OCH3 is 1. The van der Waals surface area contributed by atoms with Crippen molar-refractivity contribution in [3.05, 3.63) is 46.8 Å². The van der Waals surface area contributed by atoms with Crippen LogP contribution in [0.2, 0.25) is 0 Å². The van der Waals surface area contributed by atoms with Gasteiger partial charge >= 0.3 is 5.97 Å². The SMILES string of the molecule is COCC(C)n1c(C)cc(C(=O)COC(=O)c2cc(NC(C)=O)cc(NC(C)=O)c2)c1C. The van der Waals surface area contributed by atoms with E-state index in [0.29, 0.717) is 23.5 Å². The summed E-state index contributed by atoms with van der Waals surface area (Å²) in [6, 6.07) is 6.16. The molecule has 1 aromatic heterocycles. The number of anilines is 2. The Kier molecular flexibility index (Phi) is 8.31. The van der Waals surface area contributed by atoms with Gasteiger partial charge in [0, 0.05) is 49.3 Å². The molecule has 32 heavy (non-hydrogen) atoms. The molecule has 172 valence electrons. The quantitative estimate of drug-likeness (QED) is 0.454. The number of benzene rings is 1. The van der Waals surface area contributed by atoms with Gasteiger partial charge in [-0.25, -0.2) is 4.79 Å². The number of hydrogen-bond donors (Lipinski definition) is 2. The number of amides is 2. The smallest absolute Gasteiger partial charge is 0.338 e. The van der Waals surface area contributed by atoms with Gasteiger partial charge in [0.05, 0.1) is 18.2 Å². The predicted molar refractivity (Wildman–Crippen MR) is 120 cm³/mol. The summed E-state index contributed by atoms with van der Waals surface area (Å²) in [6.07, 6.45) is 0. The zero-order valence-electron chi connectivity index (χ0n) is 19.2. The molecule has 1 atom stereocenters. The van der Waals surface area contributed by atoms with Crippen molar-refractivity contribution in [2.24, 2.45) is 0 Å². The van der Waals surface area contributed by atoms with Gasteiger partial charge in [-0.15, -0.1) is 0 Å². The van der Waals surface area contributed by atoms with Gasteiger partial charge in [-0.3, -0.25) is 14.4 Å². The Bertz CT molecular complexity index is 1010. The summed E-state index contributed by atoms with van der Waals surface area (Å²) >= 11 is 0. The lowest BCUT2D eigenvalue weighted by atomic mass is 10.1. The van der Waals surface area contributed by atoms with E-state index >= 15 is 0 Å². The number of hydrogen-bond acceptors (Lipinski definition) is 6. The van der Waals surface area contributed by atoms with Gasteiger partial charge in [0.15, 0.2) is 6.61 Å². The van der Waals surface area contributed by atoms with Gasteiger partial charge in [0.1, 0.15) is 0 Å². The summed E-state index contributed by atoms with van der Waals surface area (Å²) in [5.74, 6) is -1.75. The molecule has 1 heterocycles. The molecule has 9 nitrogen and oxygen atoms in total. The third kappa shape index (κ3) is 6.27. The summed E-state index contributed by atoms with van der Waals surface area (Å²) in [5.41, 5.74) is 2.88. The topological polar surface area (TPSA) is 116 Å². The average molecular weight is 444 g/mol. The number of rotatable bonds is 9. The Morgan fingerprint density at radius 3 is 2.03 bits per heavy atom. The molecule has 0 saturated heterocycles. The number of carbonyl (C=O) groups excluding carboxylic acids is 4. The molecule has 2 aromatic rings. The first-order valence-electron chi connectivity index (χ1n) is 10.1. The van der Waals surface area contributed by atoms with Crippen LogP contribution in [0.5, 0.6) is 0 Å². The first-order valence-corrected chi connectivity index (χ1v) is 10.1. The molecule has 0 spiro atoms. The summed E-state index contributed by atoms with van der Waals surface area (Å²) in [5, 5.41) is 5.13. The summed E-state index contributed by atoms with van der Waals surface area (Å²) in [7, 11) is 1.62. The summed E-state index contributed by atoms with van der Waals surface area (Å²) in [4.78, 5) is 48.1. The van der Waals surface area contributed by atoms with E-state index in [1.807, 2.05) is 25.3 Å². The highest BCUT2D eigenvalue weighted by molar-refractivity contribution is 6.01. The Balaban J connectivity index is 2.18. The van der Waals surface area contributed by atoms with E-state index in [9.17, 15) is 19.2 Å². The standard InChI is InChI=1S/C23H29N3O6/c1-13-7-21(15(3)26(13)14(2)11-31-6)22(29)12-32-23(30)18-8-19(24-16(4)27)10-20(9-18)25-17(5)28/h7-10,14H,11-12H2,1-6H3,(H,24,27)(H,25,28). The molecular formula is C23H29N3O6. The maximum Gasteiger partial charge on any atom is 0.338 e. The number of ketones is 1. The number of nitrogens with one attached hydrogen (secondary N) is 2. The van der Waals surface area contributed by atoms with Crippen molar-refractivity contribution < 1.29 is 28.7 Å². The van der Waals surface area contributed by atoms with Gasteiger partial charge < -0.3 is 24.7 Å². The third-order valence-corrected chi connectivity index (χ3v) is 4.78. The van der Waals surface area contributed by atoms with Gasteiger partial charge in [0.25, 0.3) is 0 Å². The van der Waals surface area contributed by atoms with Crippen LogP contribution < -0.4 is 10.6 Å². The van der Waals surface area contributed by atoms with E-state index in [0.717, 1.165) is 11.4 Å². The monoisotopic (exact) mass is 443 g/mol. The molecule has 1 aromatic carbocycles. The molecule has 9 heteroatoms. The van der Waals surface area contributed by atoms with E-state index in [1.54, 1.807) is 13.2 Å². The summed E-state index contributed by atoms with van der Waals surface area (Å²) < 4.78 is 12.4. The Hall–Kier alpha value is -3.46. The fraction of sp³-hybridized carbons (Fsp3) is 0.391. The molecule has 0 fully saturated rings. The largest absolute Gasteiger partial charge is 0.454 e. The van der Waals surface area contributed by atoms with Crippen LogP contribution in [0.25, 0.3) is 0 Å². The minimum atomic E-state index is -0.751. The fourth-order valence-electron chi connectivity index (χ4n) is 3.64. The van der Waals surface area contributed by atoms with Crippen LogP contribution in [0, 0.1) is 13.8 Å². The highest BCUT2D eigenvalue weighted by Gasteiger charge is 2.20. The van der Waals surface area contributed by atoms with Crippen LogP contribution in [0.15, 0.2) is 24.3 Å². The van der Waals surface area contributed by atoms with Crippen molar-refractivity contribution in [3.63, 3.8) is 0 Å². The highest BCUT2D eigenvalue weighted by Crippen LogP contribution is 2.22. The molecule has 0 aliphatic heterocycles. The first kappa shape index (κ1) is 24.8. The van der Waals surface area contributed by atoms with Crippen LogP contribution in [-0.4, -0.2) is 48.5 Å². The molecule has 1 unspecified atom stereocenters. The van der Waals surface area contributed by atoms with Crippen LogP contribution >= 0.6 is 0 Å². The molecule has 0 bridgehead atoms. The van der Waals surface area contributed by atoms with E-state index in [1.165, 1.54) is 32.0 Å². The van der Waals surface area contributed by atoms with Crippen LogP contribution in [0.1, 0.15) is 58.9 Å². The number of carbonyl (C=O) groups is 4. The van der Waals surface area contributed by atoms with Gasteiger partial charge in [-0.05, 0) is 45.0 Å². The van der Waals surface area contributed by atoms with Crippen molar-refractivity contribution in [3.8, 4) is 0 Å². The van der Waals surface area contributed by atoms with Gasteiger partial charge in [0.2, 0.25) is 17.6 Å². The molecule has 0 aliphatic carbocycles. The Morgan fingerprint density at radius 2 is 1.53 bits per heavy atom. The lowest BCUT2D eigenvalue weighted by Gasteiger charge is -2.17. The van der Waals surface area contributed by atoms with Crippen molar-refractivity contribution >= 4 is 34.9 Å². The molecule has 0 aliphatic rings. The van der Waals surface area contributed by atoms with Gasteiger partial charge in [-0.1, -0.05) is 0 Å². The van der Waals surface area contributed by atoms with Crippen molar-refractivity contribution in [1.29, 1.82) is 0 Å². The van der Waals surface area contributed by atoms with Crippen molar-refractivity contribution in [2.75, 3.05) is 31.0 Å². The number of esters is 1. The third-order valence-electron chi connectivity index (χ3n) is 4.78. The second-order valence-electron chi connectivity index (χ2n) is 7.62. The maximum atomic E-state index is 12.7. The molecular weight excluding hydrogens is 414 g/mol. The van der Waals surface area contributed by atoms with E-state index in [2.05, 4.69) is 10.6 Å². The number of ether oxygens (including phenoxy) is 2. The normalized spacial score (nSPS) is 11.6. The lowest BCUT2D eigenvalue weighted by molar-refractivity contribution is -0.115. The number of aromatic nitrogens is 1. The molecule has 2 N–H and O–H groups in total. The Morgan fingerprint density at radius 1 is 0.969 bits per heavy atom. The molecule has 0 saturated carbocycles. The van der Waals surface area contributed by atoms with Crippen LogP contribution in [0.4, 0.5) is 11.4 Å². The maximum absolute atomic E-state index is 12.7. The van der Waals surface area contributed by atoms with Gasteiger partial charge in [-0.2, -0.15) is 0 Å². The minimum absolute atomic E-state index is 0.0489. The zero-order valence-corrected chi connectivity index (χ0v) is 19.2. The van der Waals surface area contributed by atoms with Crippen molar-refractivity contribution in [1.82, 2.24) is 4.57 Å². The second-order valence-corrected chi connectivity index (χ2v) is 7.62. The number of Topliss-reactive ketones (excluding diaryl/α,β-unsaturated/α-hetero) is 1. The number of nitrogens with zero attached hydrogens (tertiary/aromatic N) is 1. The predicted octanol–water partition coefficient (Wildman–Crippen LogP) is 3.27. The summed E-state index contributed by atoms with van der Waals surface area (Å²) in [6.45, 7) is 8.44. The second kappa shape index (κ2) is 10.7. The molecule has 2 rings (SSSR count). The molecule has 2 amide bonds. The lowest BCUT2D eigenvalue weighted by Crippen LogP contribution is -2.17. The van der Waals surface area contributed by atoms with E-state index in [4.69, 9.17) is 9.47 Å². The highest BCUT2D eigenvalue weighted by atomic mass is 16.5.